The Bertz CT molecular complexity index is 702. The fourth-order valence-corrected chi connectivity index (χ4v) is 2.66. The van der Waals surface area contributed by atoms with Crippen molar-refractivity contribution in [2.75, 3.05) is 11.6 Å². The van der Waals surface area contributed by atoms with E-state index in [1.807, 2.05) is 12.4 Å². The second-order valence-electron chi connectivity index (χ2n) is 4.60. The average Bonchev–Trinajstić information content (AvgIpc) is 2.53. The molecule has 0 amide bonds. The lowest BCUT2D eigenvalue weighted by atomic mass is 10.1. The second kappa shape index (κ2) is 5.97. The van der Waals surface area contributed by atoms with E-state index < -0.39 is 0 Å². The van der Waals surface area contributed by atoms with E-state index in [2.05, 4.69) is 65.1 Å². The molecule has 3 aromatic rings. The third-order valence-electron chi connectivity index (χ3n) is 3.34. The molecular formula is C17H16N2S. The van der Waals surface area contributed by atoms with Crippen LogP contribution in [0, 0.1) is 0 Å². The lowest BCUT2D eigenvalue weighted by Gasteiger charge is -2.09. The average molecular weight is 280 g/mol. The zero-order valence-corrected chi connectivity index (χ0v) is 12.2. The quantitative estimate of drug-likeness (QED) is 0.709. The smallest absolute Gasteiger partial charge is 0.0406 e. The van der Waals surface area contributed by atoms with Crippen molar-refractivity contribution in [3.63, 3.8) is 0 Å². The van der Waals surface area contributed by atoms with Gasteiger partial charge in [-0.3, -0.25) is 4.98 Å². The molecule has 3 rings (SSSR count). The molecule has 0 atom stereocenters. The van der Waals surface area contributed by atoms with Crippen molar-refractivity contribution in [2.45, 2.75) is 11.4 Å². The van der Waals surface area contributed by atoms with E-state index in [4.69, 9.17) is 0 Å². The molecule has 1 heterocycles. The number of fused-ring (bicyclic) bond motifs is 1. The van der Waals surface area contributed by atoms with Crippen LogP contribution < -0.4 is 5.32 Å². The number of aromatic nitrogens is 1. The first-order chi connectivity index (χ1) is 9.86. The Morgan fingerprint density at radius 3 is 2.70 bits per heavy atom. The molecule has 0 aliphatic carbocycles. The van der Waals surface area contributed by atoms with Crippen LogP contribution in [0.25, 0.3) is 10.8 Å². The SMILES string of the molecule is CSc1ccc(NCc2cccc3cnccc23)cc1. The number of nitrogens with one attached hydrogen (secondary N) is 1. The summed E-state index contributed by atoms with van der Waals surface area (Å²) in [4.78, 5) is 5.45. The molecular weight excluding hydrogens is 264 g/mol. The van der Waals surface area contributed by atoms with Crippen LogP contribution in [0.3, 0.4) is 0 Å². The van der Waals surface area contributed by atoms with E-state index in [1.165, 1.54) is 21.2 Å². The van der Waals surface area contributed by atoms with Crippen LogP contribution in [-0.4, -0.2) is 11.2 Å². The van der Waals surface area contributed by atoms with Crippen molar-refractivity contribution in [1.29, 1.82) is 0 Å². The van der Waals surface area contributed by atoms with E-state index in [9.17, 15) is 0 Å². The molecule has 1 N–H and O–H groups in total. The van der Waals surface area contributed by atoms with Crippen molar-refractivity contribution < 1.29 is 0 Å². The maximum absolute atomic E-state index is 4.17. The summed E-state index contributed by atoms with van der Waals surface area (Å²) in [6.07, 6.45) is 5.85. The van der Waals surface area contributed by atoms with Crippen LogP contribution in [0.1, 0.15) is 5.56 Å². The van der Waals surface area contributed by atoms with Gasteiger partial charge in [0.1, 0.15) is 0 Å². The summed E-state index contributed by atoms with van der Waals surface area (Å²) < 4.78 is 0. The van der Waals surface area contributed by atoms with Crippen molar-refractivity contribution in [1.82, 2.24) is 4.98 Å². The van der Waals surface area contributed by atoms with E-state index >= 15 is 0 Å². The molecule has 2 nitrogen and oxygen atoms in total. The number of pyridine rings is 1. The maximum Gasteiger partial charge on any atom is 0.0406 e. The van der Waals surface area contributed by atoms with Crippen molar-refractivity contribution in [3.05, 3.63) is 66.5 Å². The summed E-state index contributed by atoms with van der Waals surface area (Å²) in [5, 5.41) is 5.92. The third-order valence-corrected chi connectivity index (χ3v) is 4.09. The minimum atomic E-state index is 0.819. The minimum absolute atomic E-state index is 0.819. The van der Waals surface area contributed by atoms with E-state index in [0.29, 0.717) is 0 Å². The first-order valence-electron chi connectivity index (χ1n) is 6.56. The van der Waals surface area contributed by atoms with Crippen LogP contribution in [0.15, 0.2) is 65.8 Å². The lowest BCUT2D eigenvalue weighted by Crippen LogP contribution is -2.00. The highest BCUT2D eigenvalue weighted by Gasteiger charge is 2.00. The van der Waals surface area contributed by atoms with E-state index in [0.717, 1.165) is 12.2 Å². The number of rotatable bonds is 4. The molecule has 0 bridgehead atoms. The van der Waals surface area contributed by atoms with Gasteiger partial charge in [-0.25, -0.2) is 0 Å². The fourth-order valence-electron chi connectivity index (χ4n) is 2.25. The molecule has 0 unspecified atom stereocenters. The first kappa shape index (κ1) is 13.0. The van der Waals surface area contributed by atoms with Crippen molar-refractivity contribution >= 4 is 28.2 Å². The number of benzene rings is 2. The minimum Gasteiger partial charge on any atom is -0.381 e. The summed E-state index contributed by atoms with van der Waals surface area (Å²) in [7, 11) is 0. The summed E-state index contributed by atoms with van der Waals surface area (Å²) in [6.45, 7) is 0.819. The van der Waals surface area contributed by atoms with Crippen molar-refractivity contribution in [3.8, 4) is 0 Å². The highest BCUT2D eigenvalue weighted by atomic mass is 32.2. The Kier molecular flexibility index (Phi) is 3.88. The molecule has 0 saturated heterocycles. The number of hydrogen-bond donors (Lipinski definition) is 1. The van der Waals surface area contributed by atoms with Gasteiger partial charge in [-0.15, -0.1) is 11.8 Å². The number of nitrogens with zero attached hydrogens (tertiary/aromatic N) is 1. The normalized spacial score (nSPS) is 10.7. The summed E-state index contributed by atoms with van der Waals surface area (Å²) in [5.74, 6) is 0. The van der Waals surface area contributed by atoms with Gasteiger partial charge >= 0.3 is 0 Å². The Morgan fingerprint density at radius 1 is 1.05 bits per heavy atom. The number of thioether (sulfide) groups is 1. The Balaban J connectivity index is 1.79. The molecule has 3 heteroatoms. The second-order valence-corrected chi connectivity index (χ2v) is 5.48. The highest BCUT2D eigenvalue weighted by molar-refractivity contribution is 7.98. The molecule has 20 heavy (non-hydrogen) atoms. The van der Waals surface area contributed by atoms with Crippen LogP contribution >= 0.6 is 11.8 Å². The summed E-state index contributed by atoms with van der Waals surface area (Å²) >= 11 is 1.76. The Labute approximate surface area is 123 Å². The molecule has 0 fully saturated rings. The summed E-state index contributed by atoms with van der Waals surface area (Å²) in [6, 6.07) is 16.9. The van der Waals surface area contributed by atoms with Gasteiger partial charge in [0, 0.05) is 34.9 Å². The van der Waals surface area contributed by atoms with Gasteiger partial charge in [-0.05, 0) is 47.5 Å². The largest absolute Gasteiger partial charge is 0.381 e. The van der Waals surface area contributed by atoms with Gasteiger partial charge in [0.2, 0.25) is 0 Å². The van der Waals surface area contributed by atoms with Gasteiger partial charge in [0.15, 0.2) is 0 Å². The van der Waals surface area contributed by atoms with Crippen LogP contribution in [0.4, 0.5) is 5.69 Å². The van der Waals surface area contributed by atoms with Gasteiger partial charge < -0.3 is 5.32 Å². The molecule has 0 aliphatic heterocycles. The van der Waals surface area contributed by atoms with E-state index in [-0.39, 0.29) is 0 Å². The monoisotopic (exact) mass is 280 g/mol. The maximum atomic E-state index is 4.17. The highest BCUT2D eigenvalue weighted by Crippen LogP contribution is 2.20. The molecule has 0 spiro atoms. The molecule has 100 valence electrons. The predicted molar refractivity (Wildman–Crippen MR) is 87.3 cm³/mol. The third kappa shape index (κ3) is 2.78. The van der Waals surface area contributed by atoms with Crippen molar-refractivity contribution in [2.24, 2.45) is 0 Å². The van der Waals surface area contributed by atoms with Crippen LogP contribution in [0.5, 0.6) is 0 Å². The van der Waals surface area contributed by atoms with Gasteiger partial charge in [-0.1, -0.05) is 18.2 Å². The Hall–Kier alpha value is -2.00. The molecule has 0 aliphatic rings. The van der Waals surface area contributed by atoms with Gasteiger partial charge in [0.25, 0.3) is 0 Å². The topological polar surface area (TPSA) is 24.9 Å². The van der Waals surface area contributed by atoms with Crippen LogP contribution in [0.2, 0.25) is 0 Å². The van der Waals surface area contributed by atoms with Gasteiger partial charge in [-0.2, -0.15) is 0 Å². The summed E-state index contributed by atoms with van der Waals surface area (Å²) in [5.41, 5.74) is 2.44. The first-order valence-corrected chi connectivity index (χ1v) is 7.79. The van der Waals surface area contributed by atoms with Gasteiger partial charge in [0.05, 0.1) is 0 Å². The van der Waals surface area contributed by atoms with Crippen LogP contribution in [-0.2, 0) is 6.54 Å². The molecule has 0 saturated carbocycles. The zero-order valence-electron chi connectivity index (χ0n) is 11.3. The molecule has 1 aromatic heterocycles. The number of anilines is 1. The lowest BCUT2D eigenvalue weighted by molar-refractivity contribution is 1.16. The standard InChI is InChI=1S/C17H16N2S/c1-20-16-7-5-15(6-8-16)19-12-14-4-2-3-13-11-18-10-9-17(13)14/h2-11,19H,12H2,1H3. The fraction of sp³-hybridized carbons (Fsp3) is 0.118. The zero-order chi connectivity index (χ0) is 13.8. The van der Waals surface area contributed by atoms with E-state index in [1.54, 1.807) is 11.8 Å². The molecule has 0 radical (unpaired) electrons. The predicted octanol–water partition coefficient (Wildman–Crippen LogP) is 4.57. The number of hydrogen-bond acceptors (Lipinski definition) is 3. The molecule has 2 aromatic carbocycles. The Morgan fingerprint density at radius 2 is 1.90 bits per heavy atom.